The van der Waals surface area contributed by atoms with Crippen LogP contribution in [0.3, 0.4) is 0 Å². The number of hydrogen-bond acceptors (Lipinski definition) is 2. The lowest BCUT2D eigenvalue weighted by atomic mass is 10.1. The van der Waals surface area contributed by atoms with Crippen LogP contribution in [0.25, 0.3) is 0 Å². The van der Waals surface area contributed by atoms with E-state index in [4.69, 9.17) is 5.26 Å². The molecule has 0 aromatic carbocycles. The molecule has 0 unspecified atom stereocenters. The maximum Gasteiger partial charge on any atom is 0.179 e. The Labute approximate surface area is 82.5 Å². The van der Waals surface area contributed by atoms with Crippen molar-refractivity contribution in [3.8, 4) is 6.19 Å². The molecule has 0 fully saturated rings. The number of rotatable bonds is 8. The lowest BCUT2D eigenvalue weighted by Gasteiger charge is -2.07. The van der Waals surface area contributed by atoms with Crippen molar-refractivity contribution in [2.75, 3.05) is 13.6 Å². The van der Waals surface area contributed by atoms with E-state index in [0.29, 0.717) is 0 Å². The molecule has 0 rings (SSSR count). The zero-order chi connectivity index (χ0) is 9.94. The van der Waals surface area contributed by atoms with Gasteiger partial charge in [-0.3, -0.25) is 0 Å². The minimum atomic E-state index is 0.921. The average molecular weight is 182 g/mol. The monoisotopic (exact) mass is 182 g/mol. The molecule has 13 heavy (non-hydrogen) atoms. The number of unbranched alkanes of at least 4 members (excludes halogenated alkanes) is 6. The molecule has 0 N–H and O–H groups in total. The summed E-state index contributed by atoms with van der Waals surface area (Å²) < 4.78 is 0. The van der Waals surface area contributed by atoms with Crippen LogP contribution in [0.2, 0.25) is 0 Å². The summed E-state index contributed by atoms with van der Waals surface area (Å²) in [6.45, 7) is 3.16. The van der Waals surface area contributed by atoms with E-state index in [1.54, 1.807) is 4.90 Å². The minimum Gasteiger partial charge on any atom is -0.314 e. The van der Waals surface area contributed by atoms with E-state index in [9.17, 15) is 0 Å². The molecule has 0 aliphatic rings. The van der Waals surface area contributed by atoms with E-state index in [2.05, 4.69) is 13.1 Å². The second-order valence-electron chi connectivity index (χ2n) is 3.64. The molecule has 0 saturated heterocycles. The van der Waals surface area contributed by atoms with Crippen LogP contribution in [-0.2, 0) is 0 Å². The highest BCUT2D eigenvalue weighted by molar-refractivity contribution is 4.67. The number of nitrogens with zero attached hydrogens (tertiary/aromatic N) is 2. The molecule has 0 amide bonds. The van der Waals surface area contributed by atoms with Crippen molar-refractivity contribution >= 4 is 0 Å². The molecule has 2 nitrogen and oxygen atoms in total. The van der Waals surface area contributed by atoms with Crippen LogP contribution in [0.5, 0.6) is 0 Å². The average Bonchev–Trinajstić information content (AvgIpc) is 2.16. The SMILES string of the molecule is CCCCCCCCCN(C)C#N. The fraction of sp³-hybridized carbons (Fsp3) is 0.909. The third kappa shape index (κ3) is 9.20. The molecule has 0 aliphatic heterocycles. The third-order valence-electron chi connectivity index (χ3n) is 2.27. The first-order valence-electron chi connectivity index (χ1n) is 5.42. The van der Waals surface area contributed by atoms with Gasteiger partial charge in [0.25, 0.3) is 0 Å². The molecule has 0 saturated carbocycles. The summed E-state index contributed by atoms with van der Waals surface area (Å²) in [6, 6.07) is 0. The van der Waals surface area contributed by atoms with Gasteiger partial charge in [0.1, 0.15) is 0 Å². The van der Waals surface area contributed by atoms with Gasteiger partial charge in [-0.05, 0) is 6.42 Å². The van der Waals surface area contributed by atoms with E-state index in [-0.39, 0.29) is 0 Å². The maximum absolute atomic E-state index is 8.48. The van der Waals surface area contributed by atoms with Crippen LogP contribution in [-0.4, -0.2) is 18.5 Å². The summed E-state index contributed by atoms with van der Waals surface area (Å²) >= 11 is 0. The van der Waals surface area contributed by atoms with Crippen LogP contribution >= 0.6 is 0 Å². The Bertz CT molecular complexity index is 138. The molecular weight excluding hydrogens is 160 g/mol. The topological polar surface area (TPSA) is 27.0 Å². The number of nitriles is 1. The molecule has 76 valence electrons. The first-order chi connectivity index (χ1) is 6.31. The fourth-order valence-electron chi connectivity index (χ4n) is 1.36. The van der Waals surface area contributed by atoms with Crippen LogP contribution < -0.4 is 0 Å². The molecule has 0 heterocycles. The number of hydrogen-bond donors (Lipinski definition) is 0. The molecule has 0 bridgehead atoms. The van der Waals surface area contributed by atoms with E-state index >= 15 is 0 Å². The van der Waals surface area contributed by atoms with Crippen molar-refractivity contribution in [1.82, 2.24) is 4.90 Å². The van der Waals surface area contributed by atoms with E-state index in [1.165, 1.54) is 38.5 Å². The van der Waals surface area contributed by atoms with Gasteiger partial charge >= 0.3 is 0 Å². The van der Waals surface area contributed by atoms with E-state index in [1.807, 2.05) is 7.05 Å². The van der Waals surface area contributed by atoms with Gasteiger partial charge in [-0.25, -0.2) is 0 Å². The Balaban J connectivity index is 2.96. The normalized spacial score (nSPS) is 9.62. The van der Waals surface area contributed by atoms with Crippen LogP contribution in [0.1, 0.15) is 51.9 Å². The molecule has 0 aliphatic carbocycles. The van der Waals surface area contributed by atoms with Gasteiger partial charge in [-0.15, -0.1) is 0 Å². The highest BCUT2D eigenvalue weighted by atomic mass is 15.1. The molecule has 0 aromatic heterocycles. The Hall–Kier alpha value is -0.710. The van der Waals surface area contributed by atoms with Crippen molar-refractivity contribution in [3.63, 3.8) is 0 Å². The Morgan fingerprint density at radius 3 is 2.08 bits per heavy atom. The lowest BCUT2D eigenvalue weighted by Crippen LogP contribution is -2.11. The van der Waals surface area contributed by atoms with Gasteiger partial charge in [-0.1, -0.05) is 45.4 Å². The van der Waals surface area contributed by atoms with Gasteiger partial charge in [-0.2, -0.15) is 5.26 Å². The smallest absolute Gasteiger partial charge is 0.179 e. The molecule has 0 radical (unpaired) electrons. The highest BCUT2D eigenvalue weighted by Crippen LogP contribution is 2.06. The Kier molecular flexibility index (Phi) is 8.87. The predicted octanol–water partition coefficient (Wildman–Crippen LogP) is 3.15. The largest absolute Gasteiger partial charge is 0.314 e. The first kappa shape index (κ1) is 12.3. The summed E-state index contributed by atoms with van der Waals surface area (Å²) in [4.78, 5) is 1.70. The van der Waals surface area contributed by atoms with Crippen molar-refractivity contribution < 1.29 is 0 Å². The molecule has 2 heteroatoms. The lowest BCUT2D eigenvalue weighted by molar-refractivity contribution is 0.443. The van der Waals surface area contributed by atoms with Crippen molar-refractivity contribution in [2.24, 2.45) is 0 Å². The molecule has 0 spiro atoms. The molecule has 0 aromatic rings. The van der Waals surface area contributed by atoms with Crippen LogP contribution in [0, 0.1) is 11.5 Å². The highest BCUT2D eigenvalue weighted by Gasteiger charge is 1.93. The molecule has 0 atom stereocenters. The first-order valence-corrected chi connectivity index (χ1v) is 5.42. The van der Waals surface area contributed by atoms with Crippen molar-refractivity contribution in [3.05, 3.63) is 0 Å². The van der Waals surface area contributed by atoms with Crippen molar-refractivity contribution in [2.45, 2.75) is 51.9 Å². The summed E-state index contributed by atoms with van der Waals surface area (Å²) in [5, 5.41) is 8.48. The van der Waals surface area contributed by atoms with Crippen LogP contribution in [0.15, 0.2) is 0 Å². The summed E-state index contributed by atoms with van der Waals surface area (Å²) in [7, 11) is 1.84. The second kappa shape index (κ2) is 9.38. The van der Waals surface area contributed by atoms with Gasteiger partial charge in [0, 0.05) is 13.6 Å². The second-order valence-corrected chi connectivity index (χ2v) is 3.64. The zero-order valence-corrected chi connectivity index (χ0v) is 9.05. The minimum absolute atomic E-state index is 0.921. The van der Waals surface area contributed by atoms with Gasteiger partial charge in [0.05, 0.1) is 0 Å². The Morgan fingerprint density at radius 1 is 1.00 bits per heavy atom. The summed E-state index contributed by atoms with van der Waals surface area (Å²) in [5.41, 5.74) is 0. The summed E-state index contributed by atoms with van der Waals surface area (Å²) in [5.74, 6) is 0. The molecular formula is C11H22N2. The van der Waals surface area contributed by atoms with Gasteiger partial charge in [0.2, 0.25) is 0 Å². The van der Waals surface area contributed by atoms with Gasteiger partial charge in [0.15, 0.2) is 6.19 Å². The summed E-state index contributed by atoms with van der Waals surface area (Å²) in [6.07, 6.45) is 11.3. The van der Waals surface area contributed by atoms with Crippen LogP contribution in [0.4, 0.5) is 0 Å². The van der Waals surface area contributed by atoms with Gasteiger partial charge < -0.3 is 4.90 Å². The van der Waals surface area contributed by atoms with E-state index < -0.39 is 0 Å². The maximum atomic E-state index is 8.48. The predicted molar refractivity (Wildman–Crippen MR) is 56.2 cm³/mol. The fourth-order valence-corrected chi connectivity index (χ4v) is 1.36. The Morgan fingerprint density at radius 2 is 1.54 bits per heavy atom. The third-order valence-corrected chi connectivity index (χ3v) is 2.27. The van der Waals surface area contributed by atoms with Crippen molar-refractivity contribution in [1.29, 1.82) is 5.26 Å². The standard InChI is InChI=1S/C11H22N2/c1-3-4-5-6-7-8-9-10-13(2)11-12/h3-10H2,1-2H3. The zero-order valence-electron chi connectivity index (χ0n) is 9.05. The quantitative estimate of drug-likeness (QED) is 0.327. The van der Waals surface area contributed by atoms with E-state index in [0.717, 1.165) is 13.0 Å².